The van der Waals surface area contributed by atoms with E-state index in [1.165, 1.54) is 25.3 Å². The first-order valence-electron chi connectivity index (χ1n) is 4.67. The van der Waals surface area contributed by atoms with E-state index in [2.05, 4.69) is 15.1 Å². The van der Waals surface area contributed by atoms with Gasteiger partial charge in [0.2, 0.25) is 0 Å². The molecule has 2 rings (SSSR count). The van der Waals surface area contributed by atoms with E-state index >= 15 is 0 Å². The molecule has 70 valence electrons. The van der Waals surface area contributed by atoms with Gasteiger partial charge in [0.1, 0.15) is 5.82 Å². The lowest BCUT2D eigenvalue weighted by atomic mass is 10.1. The minimum Gasteiger partial charge on any atom is -0.355 e. The van der Waals surface area contributed by atoms with Crippen LogP contribution in [0.1, 0.15) is 19.3 Å². The number of H-pyrrole nitrogens is 1. The van der Waals surface area contributed by atoms with Crippen LogP contribution < -0.4 is 10.5 Å². The zero-order valence-electron chi connectivity index (χ0n) is 7.49. The number of hydrogen-bond acceptors (Lipinski definition) is 3. The quantitative estimate of drug-likeness (QED) is 0.692. The highest BCUT2D eigenvalue weighted by Crippen LogP contribution is 2.14. The number of nitrogens with zero attached hydrogens (tertiary/aromatic N) is 2. The third-order valence-corrected chi connectivity index (χ3v) is 2.34. The molecule has 0 spiro atoms. The highest BCUT2D eigenvalue weighted by molar-refractivity contribution is 5.36. The van der Waals surface area contributed by atoms with Crippen molar-refractivity contribution in [1.82, 2.24) is 10.2 Å². The van der Waals surface area contributed by atoms with Crippen molar-refractivity contribution in [2.75, 3.05) is 18.0 Å². The van der Waals surface area contributed by atoms with Crippen LogP contribution in [0.3, 0.4) is 0 Å². The molecule has 0 amide bonds. The second-order valence-electron chi connectivity index (χ2n) is 3.33. The van der Waals surface area contributed by atoms with Gasteiger partial charge in [-0.05, 0) is 25.3 Å². The van der Waals surface area contributed by atoms with Crippen molar-refractivity contribution in [3.05, 3.63) is 22.5 Å². The maximum Gasteiger partial charge on any atom is 0.264 e. The van der Waals surface area contributed by atoms with Crippen LogP contribution in [0.4, 0.5) is 5.82 Å². The van der Waals surface area contributed by atoms with Crippen LogP contribution in [-0.2, 0) is 0 Å². The summed E-state index contributed by atoms with van der Waals surface area (Å²) in [7, 11) is 0. The van der Waals surface area contributed by atoms with Crippen molar-refractivity contribution >= 4 is 5.82 Å². The fourth-order valence-corrected chi connectivity index (χ4v) is 1.64. The third-order valence-electron chi connectivity index (χ3n) is 2.34. The number of rotatable bonds is 1. The smallest absolute Gasteiger partial charge is 0.264 e. The summed E-state index contributed by atoms with van der Waals surface area (Å²) in [6, 6.07) is 3.31. The van der Waals surface area contributed by atoms with E-state index in [-0.39, 0.29) is 5.56 Å². The molecule has 1 aliphatic rings. The number of hydrogen-bond donors (Lipinski definition) is 1. The number of nitrogens with one attached hydrogen (secondary N) is 1. The van der Waals surface area contributed by atoms with Gasteiger partial charge in [-0.25, -0.2) is 5.10 Å². The van der Waals surface area contributed by atoms with Crippen molar-refractivity contribution in [2.24, 2.45) is 0 Å². The zero-order valence-corrected chi connectivity index (χ0v) is 7.49. The number of aromatic amines is 1. The molecule has 1 fully saturated rings. The van der Waals surface area contributed by atoms with Crippen LogP contribution in [-0.4, -0.2) is 23.3 Å². The summed E-state index contributed by atoms with van der Waals surface area (Å²) in [6.45, 7) is 2.11. The molecule has 0 unspecified atom stereocenters. The lowest BCUT2D eigenvalue weighted by Crippen LogP contribution is -2.30. The number of anilines is 1. The maximum atomic E-state index is 10.8. The van der Waals surface area contributed by atoms with E-state index in [9.17, 15) is 4.79 Å². The Hall–Kier alpha value is -1.32. The molecule has 4 nitrogen and oxygen atoms in total. The summed E-state index contributed by atoms with van der Waals surface area (Å²) < 4.78 is 0. The molecule has 13 heavy (non-hydrogen) atoms. The molecule has 1 saturated heterocycles. The first-order valence-corrected chi connectivity index (χ1v) is 4.67. The summed E-state index contributed by atoms with van der Waals surface area (Å²) in [6.07, 6.45) is 3.75. The van der Waals surface area contributed by atoms with Gasteiger partial charge in [-0.3, -0.25) is 4.79 Å². The first-order chi connectivity index (χ1) is 6.36. The molecule has 0 radical (unpaired) electrons. The van der Waals surface area contributed by atoms with Gasteiger partial charge < -0.3 is 4.90 Å². The highest BCUT2D eigenvalue weighted by Gasteiger charge is 2.11. The normalized spacial score (nSPS) is 17.4. The largest absolute Gasteiger partial charge is 0.355 e. The molecule has 2 heterocycles. The van der Waals surface area contributed by atoms with Crippen LogP contribution in [0.5, 0.6) is 0 Å². The topological polar surface area (TPSA) is 49.0 Å². The minimum absolute atomic E-state index is 0.138. The number of aromatic nitrogens is 2. The van der Waals surface area contributed by atoms with Gasteiger partial charge in [0.05, 0.1) is 0 Å². The van der Waals surface area contributed by atoms with Crippen LogP contribution in [0, 0.1) is 0 Å². The van der Waals surface area contributed by atoms with Gasteiger partial charge in [0.25, 0.3) is 5.56 Å². The van der Waals surface area contributed by atoms with Crippen molar-refractivity contribution < 1.29 is 0 Å². The van der Waals surface area contributed by atoms with Crippen LogP contribution in [0.2, 0.25) is 0 Å². The average molecular weight is 179 g/mol. The Morgan fingerprint density at radius 2 is 2.00 bits per heavy atom. The van der Waals surface area contributed by atoms with E-state index in [4.69, 9.17) is 0 Å². The number of piperidine rings is 1. The molecular weight excluding hydrogens is 166 g/mol. The minimum atomic E-state index is -0.138. The molecular formula is C9H13N3O. The monoisotopic (exact) mass is 179 g/mol. The maximum absolute atomic E-state index is 10.8. The van der Waals surface area contributed by atoms with Crippen LogP contribution in [0.15, 0.2) is 16.9 Å². The second-order valence-corrected chi connectivity index (χ2v) is 3.33. The lowest BCUT2D eigenvalue weighted by molar-refractivity contribution is 0.571. The Balaban J connectivity index is 2.14. The first kappa shape index (κ1) is 8.29. The summed E-state index contributed by atoms with van der Waals surface area (Å²) >= 11 is 0. The third kappa shape index (κ3) is 1.88. The second kappa shape index (κ2) is 3.60. The Bertz CT molecular complexity index is 307. The molecule has 0 saturated carbocycles. The van der Waals surface area contributed by atoms with Gasteiger partial charge in [-0.2, -0.15) is 5.10 Å². The Kier molecular flexibility index (Phi) is 2.29. The summed E-state index contributed by atoms with van der Waals surface area (Å²) in [5.41, 5.74) is -0.138. The fourth-order valence-electron chi connectivity index (χ4n) is 1.64. The van der Waals surface area contributed by atoms with E-state index in [0.29, 0.717) is 0 Å². The highest BCUT2D eigenvalue weighted by atomic mass is 16.1. The van der Waals surface area contributed by atoms with Gasteiger partial charge in [0.15, 0.2) is 0 Å². The molecule has 0 bridgehead atoms. The van der Waals surface area contributed by atoms with E-state index in [1.807, 2.05) is 0 Å². The average Bonchev–Trinajstić information content (AvgIpc) is 2.20. The predicted octanol–water partition coefficient (Wildman–Crippen LogP) is 0.760. The summed E-state index contributed by atoms with van der Waals surface area (Å²) in [5, 5.41) is 6.44. The predicted molar refractivity (Wildman–Crippen MR) is 50.9 cm³/mol. The van der Waals surface area contributed by atoms with E-state index in [0.717, 1.165) is 18.9 Å². The molecule has 1 aliphatic heterocycles. The van der Waals surface area contributed by atoms with Crippen LogP contribution in [0.25, 0.3) is 0 Å². The van der Waals surface area contributed by atoms with Crippen molar-refractivity contribution in [3.63, 3.8) is 0 Å². The SMILES string of the molecule is O=c1ccc(N2CCCCC2)n[nH]1. The van der Waals surface area contributed by atoms with E-state index in [1.54, 1.807) is 6.07 Å². The molecule has 4 heteroatoms. The molecule has 1 aromatic rings. The lowest BCUT2D eigenvalue weighted by Gasteiger charge is -2.26. The van der Waals surface area contributed by atoms with Crippen molar-refractivity contribution in [3.8, 4) is 0 Å². The molecule has 1 N–H and O–H groups in total. The van der Waals surface area contributed by atoms with Crippen molar-refractivity contribution in [1.29, 1.82) is 0 Å². The fraction of sp³-hybridized carbons (Fsp3) is 0.556. The van der Waals surface area contributed by atoms with Gasteiger partial charge in [-0.1, -0.05) is 0 Å². The van der Waals surface area contributed by atoms with Crippen molar-refractivity contribution in [2.45, 2.75) is 19.3 Å². The molecule has 0 atom stereocenters. The summed E-state index contributed by atoms with van der Waals surface area (Å²) in [5.74, 6) is 0.888. The molecule has 0 aromatic carbocycles. The molecule has 0 aliphatic carbocycles. The standard InChI is InChI=1S/C9H13N3O/c13-9-5-4-8(10-11-9)12-6-2-1-3-7-12/h4-5H,1-3,6-7H2,(H,11,13). The van der Waals surface area contributed by atoms with Gasteiger partial charge in [-0.15, -0.1) is 0 Å². The van der Waals surface area contributed by atoms with Gasteiger partial charge >= 0.3 is 0 Å². The Labute approximate surface area is 76.6 Å². The van der Waals surface area contributed by atoms with Gasteiger partial charge in [0, 0.05) is 19.2 Å². The summed E-state index contributed by atoms with van der Waals surface area (Å²) in [4.78, 5) is 13.0. The Morgan fingerprint density at radius 3 is 2.62 bits per heavy atom. The molecule has 1 aromatic heterocycles. The zero-order chi connectivity index (χ0) is 9.10. The Morgan fingerprint density at radius 1 is 1.23 bits per heavy atom. The van der Waals surface area contributed by atoms with Crippen LogP contribution >= 0.6 is 0 Å². The van der Waals surface area contributed by atoms with E-state index < -0.39 is 0 Å².